The molecule has 0 aliphatic heterocycles. The van der Waals surface area contributed by atoms with Gasteiger partial charge in [-0.3, -0.25) is 9.88 Å². The zero-order chi connectivity index (χ0) is 14.9. The van der Waals surface area contributed by atoms with Gasteiger partial charge in [0.15, 0.2) is 0 Å². The molecule has 112 valence electrons. The second-order valence-corrected chi connectivity index (χ2v) is 5.29. The number of hydrogen-bond donors (Lipinski definition) is 1. The first-order valence-corrected chi connectivity index (χ1v) is 7.66. The molecule has 2 rings (SSSR count). The number of rotatable bonds is 8. The predicted octanol–water partition coefficient (Wildman–Crippen LogP) is 2.87. The monoisotopic (exact) mass is 283 g/mol. The van der Waals surface area contributed by atoms with Gasteiger partial charge < -0.3 is 5.32 Å². The van der Waals surface area contributed by atoms with Gasteiger partial charge in [0, 0.05) is 19.3 Å². The van der Waals surface area contributed by atoms with E-state index in [9.17, 15) is 0 Å². The maximum Gasteiger partial charge on any atom is 0.0544 e. The molecule has 1 aromatic carbocycles. The van der Waals surface area contributed by atoms with Crippen molar-refractivity contribution < 1.29 is 0 Å². The second-order valence-electron chi connectivity index (χ2n) is 5.29. The molecule has 3 heteroatoms. The standard InChI is InChI=1S/C18H25N3/c1-3-21(15-18-6-4-5-12-20-18)14-17-9-7-16(8-10-17)11-13-19-2/h4-10,12,19H,3,11,13-15H2,1-2H3. The molecular weight excluding hydrogens is 258 g/mol. The zero-order valence-corrected chi connectivity index (χ0v) is 13.0. The maximum absolute atomic E-state index is 4.41. The van der Waals surface area contributed by atoms with E-state index >= 15 is 0 Å². The fourth-order valence-corrected chi connectivity index (χ4v) is 2.34. The van der Waals surface area contributed by atoms with Crippen molar-refractivity contribution in [3.05, 3.63) is 65.5 Å². The highest BCUT2D eigenvalue weighted by Gasteiger charge is 2.05. The molecule has 1 aromatic heterocycles. The summed E-state index contributed by atoms with van der Waals surface area (Å²) in [5, 5.41) is 3.18. The van der Waals surface area contributed by atoms with Crippen molar-refractivity contribution in [3.63, 3.8) is 0 Å². The Kier molecular flexibility index (Phi) is 6.38. The van der Waals surface area contributed by atoms with Crippen molar-refractivity contribution in [2.24, 2.45) is 0 Å². The molecule has 0 saturated carbocycles. The summed E-state index contributed by atoms with van der Waals surface area (Å²) in [4.78, 5) is 6.82. The first kappa shape index (κ1) is 15.7. The van der Waals surface area contributed by atoms with Gasteiger partial charge in [-0.1, -0.05) is 37.3 Å². The van der Waals surface area contributed by atoms with E-state index in [2.05, 4.69) is 52.5 Å². The van der Waals surface area contributed by atoms with Crippen molar-refractivity contribution in [1.82, 2.24) is 15.2 Å². The average molecular weight is 283 g/mol. The third kappa shape index (κ3) is 5.29. The van der Waals surface area contributed by atoms with Crippen molar-refractivity contribution in [3.8, 4) is 0 Å². The van der Waals surface area contributed by atoms with E-state index < -0.39 is 0 Å². The molecule has 0 atom stereocenters. The Hall–Kier alpha value is -1.71. The molecule has 1 N–H and O–H groups in total. The second kappa shape index (κ2) is 8.55. The Morgan fingerprint density at radius 1 is 1.00 bits per heavy atom. The molecule has 0 aliphatic carbocycles. The van der Waals surface area contributed by atoms with Gasteiger partial charge in [0.2, 0.25) is 0 Å². The minimum Gasteiger partial charge on any atom is -0.319 e. The number of likely N-dealkylation sites (N-methyl/N-ethyl adjacent to an activating group) is 1. The first-order chi connectivity index (χ1) is 10.3. The molecule has 0 aliphatic rings. The molecular formula is C18H25N3. The number of benzene rings is 1. The normalized spacial score (nSPS) is 11.0. The minimum absolute atomic E-state index is 0.902. The molecule has 21 heavy (non-hydrogen) atoms. The molecule has 0 bridgehead atoms. The molecule has 1 heterocycles. The molecule has 2 aromatic rings. The van der Waals surface area contributed by atoms with Crippen LogP contribution in [0.15, 0.2) is 48.7 Å². The van der Waals surface area contributed by atoms with Crippen LogP contribution in [0.25, 0.3) is 0 Å². The zero-order valence-electron chi connectivity index (χ0n) is 13.0. The fraction of sp³-hybridized carbons (Fsp3) is 0.389. The maximum atomic E-state index is 4.41. The van der Waals surface area contributed by atoms with Gasteiger partial charge in [-0.05, 0) is 49.8 Å². The van der Waals surface area contributed by atoms with Crippen molar-refractivity contribution >= 4 is 0 Å². The summed E-state index contributed by atoms with van der Waals surface area (Å²) < 4.78 is 0. The third-order valence-electron chi connectivity index (χ3n) is 3.65. The highest BCUT2D eigenvalue weighted by molar-refractivity contribution is 5.22. The summed E-state index contributed by atoms with van der Waals surface area (Å²) in [7, 11) is 1.99. The Labute approximate surface area is 128 Å². The van der Waals surface area contributed by atoms with Crippen LogP contribution in [-0.4, -0.2) is 30.0 Å². The van der Waals surface area contributed by atoms with Crippen LogP contribution >= 0.6 is 0 Å². The van der Waals surface area contributed by atoms with E-state index in [1.807, 2.05) is 25.4 Å². The van der Waals surface area contributed by atoms with E-state index in [0.717, 1.165) is 38.3 Å². The molecule has 0 amide bonds. The van der Waals surface area contributed by atoms with Crippen LogP contribution in [0.5, 0.6) is 0 Å². The number of nitrogens with one attached hydrogen (secondary N) is 1. The van der Waals surface area contributed by atoms with Crippen molar-refractivity contribution in [2.75, 3.05) is 20.1 Å². The highest BCUT2D eigenvalue weighted by atomic mass is 15.1. The van der Waals surface area contributed by atoms with Crippen LogP contribution in [-0.2, 0) is 19.5 Å². The van der Waals surface area contributed by atoms with Crippen molar-refractivity contribution in [1.29, 1.82) is 0 Å². The predicted molar refractivity (Wildman–Crippen MR) is 88.1 cm³/mol. The first-order valence-electron chi connectivity index (χ1n) is 7.66. The van der Waals surface area contributed by atoms with E-state index in [-0.39, 0.29) is 0 Å². The highest BCUT2D eigenvalue weighted by Crippen LogP contribution is 2.10. The van der Waals surface area contributed by atoms with Gasteiger partial charge in [-0.25, -0.2) is 0 Å². The summed E-state index contributed by atoms with van der Waals surface area (Å²) >= 11 is 0. The average Bonchev–Trinajstić information content (AvgIpc) is 2.54. The van der Waals surface area contributed by atoms with E-state index in [0.29, 0.717) is 0 Å². The Balaban J connectivity index is 1.92. The molecule has 0 spiro atoms. The Morgan fingerprint density at radius 3 is 2.38 bits per heavy atom. The number of hydrogen-bond acceptors (Lipinski definition) is 3. The molecule has 3 nitrogen and oxygen atoms in total. The molecule has 0 radical (unpaired) electrons. The summed E-state index contributed by atoms with van der Waals surface area (Å²) in [5.41, 5.74) is 3.88. The van der Waals surface area contributed by atoms with Crippen molar-refractivity contribution in [2.45, 2.75) is 26.4 Å². The van der Waals surface area contributed by atoms with Crippen LogP contribution in [0.1, 0.15) is 23.7 Å². The van der Waals surface area contributed by atoms with Crippen LogP contribution in [0.4, 0.5) is 0 Å². The van der Waals surface area contributed by atoms with Crippen LogP contribution in [0, 0.1) is 0 Å². The lowest BCUT2D eigenvalue weighted by Gasteiger charge is -2.20. The summed E-state index contributed by atoms with van der Waals surface area (Å²) in [6.07, 6.45) is 2.95. The van der Waals surface area contributed by atoms with E-state index in [4.69, 9.17) is 0 Å². The van der Waals surface area contributed by atoms with E-state index in [1.165, 1.54) is 11.1 Å². The number of aromatic nitrogens is 1. The van der Waals surface area contributed by atoms with Crippen LogP contribution in [0.2, 0.25) is 0 Å². The van der Waals surface area contributed by atoms with Crippen LogP contribution in [0.3, 0.4) is 0 Å². The summed E-state index contributed by atoms with van der Waals surface area (Å²) in [5.74, 6) is 0. The topological polar surface area (TPSA) is 28.2 Å². The lowest BCUT2D eigenvalue weighted by atomic mass is 10.1. The third-order valence-corrected chi connectivity index (χ3v) is 3.65. The van der Waals surface area contributed by atoms with Gasteiger partial charge >= 0.3 is 0 Å². The lowest BCUT2D eigenvalue weighted by Crippen LogP contribution is -2.22. The van der Waals surface area contributed by atoms with Gasteiger partial charge in [-0.2, -0.15) is 0 Å². The smallest absolute Gasteiger partial charge is 0.0544 e. The summed E-state index contributed by atoms with van der Waals surface area (Å²) in [6.45, 7) is 6.13. The largest absolute Gasteiger partial charge is 0.319 e. The SMILES string of the molecule is CCN(Cc1ccc(CCNC)cc1)Cc1ccccn1. The number of nitrogens with zero attached hydrogens (tertiary/aromatic N) is 2. The molecule has 0 unspecified atom stereocenters. The van der Waals surface area contributed by atoms with Crippen LogP contribution < -0.4 is 5.32 Å². The van der Waals surface area contributed by atoms with Gasteiger partial charge in [0.1, 0.15) is 0 Å². The minimum atomic E-state index is 0.902. The lowest BCUT2D eigenvalue weighted by molar-refractivity contribution is 0.268. The quantitative estimate of drug-likeness (QED) is 0.807. The van der Waals surface area contributed by atoms with E-state index in [1.54, 1.807) is 0 Å². The number of pyridine rings is 1. The summed E-state index contributed by atoms with van der Waals surface area (Å²) in [6, 6.07) is 15.1. The Bertz CT molecular complexity index is 508. The fourth-order valence-electron chi connectivity index (χ4n) is 2.34. The Morgan fingerprint density at radius 2 is 1.76 bits per heavy atom. The van der Waals surface area contributed by atoms with Gasteiger partial charge in [-0.15, -0.1) is 0 Å². The molecule has 0 saturated heterocycles. The van der Waals surface area contributed by atoms with Gasteiger partial charge in [0.25, 0.3) is 0 Å². The van der Waals surface area contributed by atoms with Gasteiger partial charge in [0.05, 0.1) is 5.69 Å². The molecule has 0 fully saturated rings.